The van der Waals surface area contributed by atoms with Crippen molar-refractivity contribution < 1.29 is 14.4 Å². The molecule has 1 aromatic carbocycles. The monoisotopic (exact) mass is 428 g/mol. The number of likely N-dealkylation sites (tertiary alicyclic amines) is 1. The third kappa shape index (κ3) is 5.85. The van der Waals surface area contributed by atoms with E-state index in [4.69, 9.17) is 0 Å². The SMILES string of the molecule is CC(=O)N1CC(C(=O)N2CCN(CC(C)C)CCCN(C(C)=O)c3ccccc3C2)C1. The van der Waals surface area contributed by atoms with E-state index in [9.17, 15) is 14.4 Å². The summed E-state index contributed by atoms with van der Waals surface area (Å²) >= 11 is 0. The molecule has 3 amide bonds. The summed E-state index contributed by atoms with van der Waals surface area (Å²) in [4.78, 5) is 45.2. The number of hydrogen-bond acceptors (Lipinski definition) is 4. The second-order valence-electron chi connectivity index (χ2n) is 9.23. The third-order valence-corrected chi connectivity index (χ3v) is 6.18. The van der Waals surface area contributed by atoms with Crippen LogP contribution in [0.5, 0.6) is 0 Å². The first kappa shape index (κ1) is 23.3. The second kappa shape index (κ2) is 10.3. The van der Waals surface area contributed by atoms with Crippen molar-refractivity contribution in [2.24, 2.45) is 11.8 Å². The fourth-order valence-corrected chi connectivity index (χ4v) is 4.50. The van der Waals surface area contributed by atoms with E-state index in [2.05, 4.69) is 18.7 Å². The van der Waals surface area contributed by atoms with Gasteiger partial charge in [0.15, 0.2) is 0 Å². The molecule has 7 heteroatoms. The van der Waals surface area contributed by atoms with Crippen LogP contribution in [-0.4, -0.2) is 78.2 Å². The number of anilines is 1. The first-order valence-corrected chi connectivity index (χ1v) is 11.4. The van der Waals surface area contributed by atoms with Crippen molar-refractivity contribution >= 4 is 23.4 Å². The van der Waals surface area contributed by atoms with Crippen molar-refractivity contribution in [1.82, 2.24) is 14.7 Å². The molecular weight excluding hydrogens is 392 g/mol. The molecule has 31 heavy (non-hydrogen) atoms. The summed E-state index contributed by atoms with van der Waals surface area (Å²) in [5.41, 5.74) is 1.88. The van der Waals surface area contributed by atoms with Gasteiger partial charge in [0, 0.05) is 65.3 Å². The fraction of sp³-hybridized carbons (Fsp3) is 0.625. The molecule has 0 N–H and O–H groups in total. The first-order valence-electron chi connectivity index (χ1n) is 11.4. The van der Waals surface area contributed by atoms with Crippen LogP contribution in [0, 0.1) is 11.8 Å². The van der Waals surface area contributed by atoms with Gasteiger partial charge in [-0.25, -0.2) is 0 Å². The van der Waals surface area contributed by atoms with Crippen LogP contribution in [0.1, 0.15) is 39.7 Å². The van der Waals surface area contributed by atoms with Crippen molar-refractivity contribution in [1.29, 1.82) is 0 Å². The van der Waals surface area contributed by atoms with Gasteiger partial charge in [-0.2, -0.15) is 0 Å². The molecule has 2 heterocycles. The Morgan fingerprint density at radius 1 is 0.935 bits per heavy atom. The molecular formula is C24H36N4O3. The van der Waals surface area contributed by atoms with E-state index < -0.39 is 0 Å². The molecule has 0 spiro atoms. The number of benzene rings is 1. The lowest BCUT2D eigenvalue weighted by Gasteiger charge is -2.40. The van der Waals surface area contributed by atoms with Gasteiger partial charge in [-0.3, -0.25) is 14.4 Å². The van der Waals surface area contributed by atoms with Crippen molar-refractivity contribution in [3.05, 3.63) is 29.8 Å². The van der Waals surface area contributed by atoms with E-state index in [1.165, 1.54) is 0 Å². The van der Waals surface area contributed by atoms with Gasteiger partial charge in [-0.15, -0.1) is 0 Å². The number of hydrogen-bond donors (Lipinski definition) is 0. The molecule has 0 bridgehead atoms. The van der Waals surface area contributed by atoms with Crippen LogP contribution in [0.4, 0.5) is 5.69 Å². The van der Waals surface area contributed by atoms with Crippen LogP contribution < -0.4 is 4.90 Å². The minimum atomic E-state index is -0.136. The van der Waals surface area contributed by atoms with Gasteiger partial charge in [-0.05, 0) is 30.5 Å². The topological polar surface area (TPSA) is 64.2 Å². The second-order valence-corrected chi connectivity index (χ2v) is 9.23. The fourth-order valence-electron chi connectivity index (χ4n) is 4.50. The minimum Gasteiger partial charge on any atom is -0.341 e. The Labute approximate surface area is 186 Å². The Morgan fingerprint density at radius 3 is 2.29 bits per heavy atom. The quantitative estimate of drug-likeness (QED) is 0.741. The number of amides is 3. The molecule has 170 valence electrons. The van der Waals surface area contributed by atoms with Gasteiger partial charge >= 0.3 is 0 Å². The molecule has 1 fully saturated rings. The van der Waals surface area contributed by atoms with E-state index in [1.54, 1.807) is 18.7 Å². The van der Waals surface area contributed by atoms with E-state index in [-0.39, 0.29) is 23.6 Å². The summed E-state index contributed by atoms with van der Waals surface area (Å²) in [5.74, 6) is 0.545. The molecule has 0 aromatic heterocycles. The molecule has 0 saturated carbocycles. The van der Waals surface area contributed by atoms with Crippen LogP contribution >= 0.6 is 0 Å². The highest BCUT2D eigenvalue weighted by atomic mass is 16.2. The van der Waals surface area contributed by atoms with Crippen molar-refractivity contribution in [3.8, 4) is 0 Å². The summed E-state index contributed by atoms with van der Waals surface area (Å²) in [6, 6.07) is 7.90. The van der Waals surface area contributed by atoms with Crippen LogP contribution in [0.25, 0.3) is 0 Å². The zero-order valence-corrected chi connectivity index (χ0v) is 19.3. The van der Waals surface area contributed by atoms with Crippen LogP contribution in [0.15, 0.2) is 24.3 Å². The third-order valence-electron chi connectivity index (χ3n) is 6.18. The van der Waals surface area contributed by atoms with Crippen LogP contribution in [0.3, 0.4) is 0 Å². The Balaban J connectivity index is 1.86. The maximum absolute atomic E-state index is 13.3. The molecule has 1 aromatic rings. The van der Waals surface area contributed by atoms with E-state index in [0.29, 0.717) is 38.6 Å². The molecule has 2 aliphatic rings. The molecule has 1 saturated heterocycles. The lowest BCUT2D eigenvalue weighted by Crippen LogP contribution is -2.56. The lowest BCUT2D eigenvalue weighted by atomic mass is 9.97. The summed E-state index contributed by atoms with van der Waals surface area (Å²) in [6.45, 7) is 13.0. The minimum absolute atomic E-state index is 0.0204. The Morgan fingerprint density at radius 2 is 1.65 bits per heavy atom. The predicted octanol–water partition coefficient (Wildman–Crippen LogP) is 2.21. The Hall–Kier alpha value is -2.41. The predicted molar refractivity (Wildman–Crippen MR) is 122 cm³/mol. The van der Waals surface area contributed by atoms with Crippen molar-refractivity contribution in [2.45, 2.75) is 40.7 Å². The average molecular weight is 429 g/mol. The number of fused-ring (bicyclic) bond motifs is 1. The molecule has 2 aliphatic heterocycles. The summed E-state index contributed by atoms with van der Waals surface area (Å²) in [6.07, 6.45) is 0.894. The number of para-hydroxylation sites is 1. The smallest absolute Gasteiger partial charge is 0.229 e. The maximum atomic E-state index is 13.3. The Bertz CT molecular complexity index is 804. The van der Waals surface area contributed by atoms with Gasteiger partial charge in [0.2, 0.25) is 17.7 Å². The number of nitrogens with zero attached hydrogens (tertiary/aromatic N) is 4. The summed E-state index contributed by atoms with van der Waals surface area (Å²) < 4.78 is 0. The highest BCUT2D eigenvalue weighted by molar-refractivity contribution is 5.92. The van der Waals surface area contributed by atoms with E-state index in [0.717, 1.165) is 37.3 Å². The van der Waals surface area contributed by atoms with E-state index in [1.807, 2.05) is 34.1 Å². The van der Waals surface area contributed by atoms with Gasteiger partial charge in [0.1, 0.15) is 0 Å². The van der Waals surface area contributed by atoms with Crippen molar-refractivity contribution in [3.63, 3.8) is 0 Å². The highest BCUT2D eigenvalue weighted by Gasteiger charge is 2.37. The number of carbonyl (C=O) groups is 3. The molecule has 0 radical (unpaired) electrons. The zero-order chi connectivity index (χ0) is 22.5. The van der Waals surface area contributed by atoms with Crippen molar-refractivity contribution in [2.75, 3.05) is 50.7 Å². The molecule has 3 rings (SSSR count). The largest absolute Gasteiger partial charge is 0.341 e. The normalized spacial score (nSPS) is 18.9. The van der Waals surface area contributed by atoms with Gasteiger partial charge in [0.05, 0.1) is 5.92 Å². The van der Waals surface area contributed by atoms with Gasteiger partial charge in [0.25, 0.3) is 0 Å². The number of carbonyl (C=O) groups excluding carboxylic acids is 3. The van der Waals surface area contributed by atoms with Crippen LogP contribution in [0.2, 0.25) is 0 Å². The first-order chi connectivity index (χ1) is 14.8. The average Bonchev–Trinajstić information content (AvgIpc) is 2.69. The molecule has 7 nitrogen and oxygen atoms in total. The van der Waals surface area contributed by atoms with Gasteiger partial charge in [-0.1, -0.05) is 32.0 Å². The van der Waals surface area contributed by atoms with E-state index >= 15 is 0 Å². The van der Waals surface area contributed by atoms with Crippen LogP contribution in [-0.2, 0) is 20.9 Å². The molecule has 0 unspecified atom stereocenters. The highest BCUT2D eigenvalue weighted by Crippen LogP contribution is 2.26. The number of rotatable bonds is 3. The summed E-state index contributed by atoms with van der Waals surface area (Å²) in [5, 5.41) is 0. The zero-order valence-electron chi connectivity index (χ0n) is 19.3. The maximum Gasteiger partial charge on any atom is 0.229 e. The van der Waals surface area contributed by atoms with Gasteiger partial charge < -0.3 is 19.6 Å². The molecule has 0 atom stereocenters. The standard InChI is InChI=1S/C24H36N4O3/c1-18(2)14-25-10-7-11-28(20(4)30)23-9-6-5-8-21(23)15-26(13-12-25)24(31)22-16-27(17-22)19(3)29/h5-6,8-9,18,22H,7,10-17H2,1-4H3. The summed E-state index contributed by atoms with van der Waals surface area (Å²) in [7, 11) is 0. The lowest BCUT2D eigenvalue weighted by molar-refractivity contribution is -0.148. The molecule has 0 aliphatic carbocycles. The Kier molecular flexibility index (Phi) is 7.70.